The lowest BCUT2D eigenvalue weighted by molar-refractivity contribution is -0.131. The van der Waals surface area contributed by atoms with Gasteiger partial charge in [0.2, 0.25) is 0 Å². The first-order chi connectivity index (χ1) is 15.6. The van der Waals surface area contributed by atoms with Crippen LogP contribution in [0.1, 0.15) is 27.2 Å². The van der Waals surface area contributed by atoms with Crippen LogP contribution in [-0.2, 0) is 16.9 Å². The summed E-state index contributed by atoms with van der Waals surface area (Å²) in [5.74, 6) is -0.427. The van der Waals surface area contributed by atoms with E-state index in [1.807, 2.05) is 12.1 Å². The highest BCUT2D eigenvalue weighted by Gasteiger charge is 2.40. The molecule has 4 rings (SSSR count). The Hall–Kier alpha value is -4.16. The van der Waals surface area contributed by atoms with Crippen molar-refractivity contribution in [2.45, 2.75) is 12.1 Å². The molecule has 0 atom stereocenters. The molecule has 0 bridgehead atoms. The predicted octanol–water partition coefficient (Wildman–Crippen LogP) is 4.08. The predicted molar refractivity (Wildman–Crippen MR) is 121 cm³/mol. The summed E-state index contributed by atoms with van der Waals surface area (Å²) in [7, 11) is 0. The van der Waals surface area contributed by atoms with Crippen LogP contribution >= 0.6 is 0 Å². The Kier molecular flexibility index (Phi) is 6.14. The maximum Gasteiger partial charge on any atom is 0.265 e. The Balaban J connectivity index is 1.63. The van der Waals surface area contributed by atoms with E-state index in [4.69, 9.17) is 4.42 Å². The van der Waals surface area contributed by atoms with Crippen molar-refractivity contribution in [2.24, 2.45) is 0 Å². The molecule has 0 fully saturated rings. The van der Waals surface area contributed by atoms with Crippen LogP contribution < -0.4 is 10.6 Å². The summed E-state index contributed by atoms with van der Waals surface area (Å²) in [5.41, 5.74) is -0.539. The van der Waals surface area contributed by atoms with Gasteiger partial charge in [0.15, 0.2) is 5.60 Å². The molecule has 0 aliphatic carbocycles. The van der Waals surface area contributed by atoms with E-state index < -0.39 is 11.5 Å². The fraction of sp³-hybridized carbons (Fsp3) is 0.0769. The summed E-state index contributed by atoms with van der Waals surface area (Å²) in [4.78, 5) is 26.2. The summed E-state index contributed by atoms with van der Waals surface area (Å²) in [6.07, 6.45) is 1.53. The first kappa shape index (κ1) is 21.1. The molecule has 0 aliphatic rings. The molecule has 1 heterocycles. The molecule has 160 valence electrons. The number of aliphatic hydroxyl groups is 1. The van der Waals surface area contributed by atoms with Gasteiger partial charge in [-0.3, -0.25) is 9.59 Å². The molecule has 2 amide bonds. The number of hydrogen-bond acceptors (Lipinski definition) is 4. The molecule has 0 radical (unpaired) electrons. The zero-order valence-electron chi connectivity index (χ0n) is 17.2. The van der Waals surface area contributed by atoms with Crippen LogP contribution in [0, 0.1) is 0 Å². The van der Waals surface area contributed by atoms with E-state index in [2.05, 4.69) is 10.6 Å². The molecule has 3 aromatic carbocycles. The zero-order valence-corrected chi connectivity index (χ0v) is 17.2. The second-order valence-electron chi connectivity index (χ2n) is 7.20. The van der Waals surface area contributed by atoms with Gasteiger partial charge in [0, 0.05) is 0 Å². The van der Waals surface area contributed by atoms with Crippen LogP contribution in [0.4, 0.5) is 5.69 Å². The molecule has 6 heteroatoms. The van der Waals surface area contributed by atoms with Crippen molar-refractivity contribution < 1.29 is 19.1 Å². The van der Waals surface area contributed by atoms with Crippen LogP contribution in [0.15, 0.2) is 108 Å². The monoisotopic (exact) mass is 426 g/mol. The number of nitrogens with one attached hydrogen (secondary N) is 2. The highest BCUT2D eigenvalue weighted by Crippen LogP contribution is 2.31. The summed E-state index contributed by atoms with van der Waals surface area (Å²) < 4.78 is 5.24. The molecule has 0 spiro atoms. The molecule has 1 aromatic heterocycles. The van der Waals surface area contributed by atoms with Gasteiger partial charge in [-0.2, -0.15) is 0 Å². The molecular formula is C26H22N2O4. The van der Waals surface area contributed by atoms with Crippen molar-refractivity contribution in [3.05, 3.63) is 126 Å². The van der Waals surface area contributed by atoms with Gasteiger partial charge in [-0.1, -0.05) is 72.8 Å². The summed E-state index contributed by atoms with van der Waals surface area (Å²) in [5, 5.41) is 17.1. The Labute approximate surface area is 185 Å². The SMILES string of the molecule is O=C(NCc1ccco1)c1ccccc1NC(=O)C(O)(c1ccccc1)c1ccccc1. The van der Waals surface area contributed by atoms with Gasteiger partial charge in [0.25, 0.3) is 11.8 Å². The molecule has 3 N–H and O–H groups in total. The van der Waals surface area contributed by atoms with Gasteiger partial charge in [-0.25, -0.2) is 0 Å². The molecule has 0 aliphatic heterocycles. The number of carbonyl (C=O) groups is 2. The van der Waals surface area contributed by atoms with E-state index in [-0.39, 0.29) is 18.0 Å². The quantitative estimate of drug-likeness (QED) is 0.415. The smallest absolute Gasteiger partial charge is 0.265 e. The van der Waals surface area contributed by atoms with Gasteiger partial charge in [-0.15, -0.1) is 0 Å². The number of amides is 2. The molecule has 6 nitrogen and oxygen atoms in total. The highest BCUT2D eigenvalue weighted by molar-refractivity contribution is 6.06. The van der Waals surface area contributed by atoms with Crippen molar-refractivity contribution >= 4 is 17.5 Å². The highest BCUT2D eigenvalue weighted by atomic mass is 16.3. The molecule has 0 unspecified atom stereocenters. The molecule has 4 aromatic rings. The van der Waals surface area contributed by atoms with Gasteiger partial charge < -0.3 is 20.2 Å². The largest absolute Gasteiger partial charge is 0.467 e. The number of rotatable bonds is 7. The van der Waals surface area contributed by atoms with Gasteiger partial charge in [0.1, 0.15) is 5.76 Å². The number of benzene rings is 3. The number of para-hydroxylation sites is 1. The lowest BCUT2D eigenvalue weighted by Crippen LogP contribution is -2.41. The fourth-order valence-electron chi connectivity index (χ4n) is 3.47. The minimum absolute atomic E-state index is 0.214. The average Bonchev–Trinajstić information content (AvgIpc) is 3.37. The van der Waals surface area contributed by atoms with Crippen LogP contribution in [0.3, 0.4) is 0 Å². The van der Waals surface area contributed by atoms with Crippen LogP contribution in [0.5, 0.6) is 0 Å². The van der Waals surface area contributed by atoms with Crippen molar-refractivity contribution in [1.82, 2.24) is 5.32 Å². The topological polar surface area (TPSA) is 91.6 Å². The molecule has 0 saturated carbocycles. The minimum Gasteiger partial charge on any atom is -0.467 e. The van der Waals surface area contributed by atoms with Crippen LogP contribution in [-0.4, -0.2) is 16.9 Å². The van der Waals surface area contributed by atoms with Crippen molar-refractivity contribution in [2.75, 3.05) is 5.32 Å². The number of anilines is 1. The van der Waals surface area contributed by atoms with E-state index in [0.29, 0.717) is 22.6 Å². The number of furan rings is 1. The van der Waals surface area contributed by atoms with Crippen molar-refractivity contribution in [3.63, 3.8) is 0 Å². The third-order valence-electron chi connectivity index (χ3n) is 5.13. The van der Waals surface area contributed by atoms with Gasteiger partial charge in [-0.05, 0) is 35.4 Å². The summed E-state index contributed by atoms with van der Waals surface area (Å²) in [6, 6.07) is 27.5. The van der Waals surface area contributed by atoms with E-state index in [0.717, 1.165) is 0 Å². The minimum atomic E-state index is -1.94. The van der Waals surface area contributed by atoms with Crippen molar-refractivity contribution in [1.29, 1.82) is 0 Å². The average molecular weight is 426 g/mol. The summed E-state index contributed by atoms with van der Waals surface area (Å²) >= 11 is 0. The van der Waals surface area contributed by atoms with E-state index in [9.17, 15) is 14.7 Å². The van der Waals surface area contributed by atoms with Crippen molar-refractivity contribution in [3.8, 4) is 0 Å². The van der Waals surface area contributed by atoms with E-state index >= 15 is 0 Å². The Morgan fingerprint density at radius 1 is 0.781 bits per heavy atom. The lowest BCUT2D eigenvalue weighted by Gasteiger charge is -2.28. The second-order valence-corrected chi connectivity index (χ2v) is 7.20. The maximum atomic E-state index is 13.4. The first-order valence-electron chi connectivity index (χ1n) is 10.1. The number of carbonyl (C=O) groups excluding carboxylic acids is 2. The molecular weight excluding hydrogens is 404 g/mol. The first-order valence-corrected chi connectivity index (χ1v) is 10.1. The normalized spacial score (nSPS) is 11.0. The van der Waals surface area contributed by atoms with Crippen LogP contribution in [0.2, 0.25) is 0 Å². The Bertz CT molecular complexity index is 1150. The van der Waals surface area contributed by atoms with Gasteiger partial charge >= 0.3 is 0 Å². The third-order valence-corrected chi connectivity index (χ3v) is 5.13. The lowest BCUT2D eigenvalue weighted by atomic mass is 9.85. The number of hydrogen-bond donors (Lipinski definition) is 3. The Morgan fingerprint density at radius 3 is 1.97 bits per heavy atom. The second kappa shape index (κ2) is 9.32. The molecule has 32 heavy (non-hydrogen) atoms. The third kappa shape index (κ3) is 4.31. The summed E-state index contributed by atoms with van der Waals surface area (Å²) in [6.45, 7) is 0.214. The van der Waals surface area contributed by atoms with Gasteiger partial charge in [0.05, 0.1) is 24.1 Å². The Morgan fingerprint density at radius 2 is 1.38 bits per heavy atom. The zero-order chi connectivity index (χ0) is 22.4. The molecule has 0 saturated heterocycles. The van der Waals surface area contributed by atoms with E-state index in [1.165, 1.54) is 6.26 Å². The standard InChI is InChI=1S/C26H22N2O4/c29-24(27-18-21-14-9-17-32-21)22-15-7-8-16-23(22)28-25(30)26(31,19-10-3-1-4-11-19)20-12-5-2-6-13-20/h1-17,31H,18H2,(H,27,29)(H,28,30). The van der Waals surface area contributed by atoms with Crippen LogP contribution in [0.25, 0.3) is 0 Å². The maximum absolute atomic E-state index is 13.4. The fourth-order valence-corrected chi connectivity index (χ4v) is 3.47. The van der Waals surface area contributed by atoms with E-state index in [1.54, 1.807) is 84.9 Å².